The molecular weight excluding hydrogens is 376 g/mol. The monoisotopic (exact) mass is 402 g/mol. The van der Waals surface area contributed by atoms with E-state index in [1.165, 1.54) is 25.7 Å². The Morgan fingerprint density at radius 3 is 2.50 bits per heavy atom. The van der Waals surface area contributed by atoms with Crippen molar-refractivity contribution in [3.63, 3.8) is 0 Å². The summed E-state index contributed by atoms with van der Waals surface area (Å²) >= 11 is 0. The molecule has 0 unspecified atom stereocenters. The summed E-state index contributed by atoms with van der Waals surface area (Å²) in [6.45, 7) is 1.81. The van der Waals surface area contributed by atoms with Crippen molar-refractivity contribution in [2.75, 3.05) is 11.8 Å². The highest BCUT2D eigenvalue weighted by Crippen LogP contribution is 2.27. The Bertz CT molecular complexity index is 951. The topological polar surface area (TPSA) is 84.5 Å². The summed E-state index contributed by atoms with van der Waals surface area (Å²) in [5.74, 6) is 0.201. The van der Waals surface area contributed by atoms with E-state index in [1.807, 2.05) is 0 Å². The Morgan fingerprint density at radius 1 is 1.07 bits per heavy atom. The summed E-state index contributed by atoms with van der Waals surface area (Å²) in [6, 6.07) is 11.5. The SMILES string of the molecule is COc1ccccc1NS(=O)(=O)c1ccc(C)c(C(=O)NC2CCCCC2)c1. The van der Waals surface area contributed by atoms with E-state index in [0.717, 1.165) is 31.2 Å². The van der Waals surface area contributed by atoms with Gasteiger partial charge in [-0.2, -0.15) is 0 Å². The highest BCUT2D eigenvalue weighted by Gasteiger charge is 2.22. The van der Waals surface area contributed by atoms with E-state index >= 15 is 0 Å². The third-order valence-corrected chi connectivity index (χ3v) is 6.42. The molecule has 1 saturated carbocycles. The van der Waals surface area contributed by atoms with E-state index in [2.05, 4.69) is 10.0 Å². The zero-order chi connectivity index (χ0) is 20.1. The van der Waals surface area contributed by atoms with Crippen molar-refractivity contribution in [3.8, 4) is 5.75 Å². The second kappa shape index (κ2) is 8.65. The summed E-state index contributed by atoms with van der Waals surface area (Å²) in [4.78, 5) is 12.8. The lowest BCUT2D eigenvalue weighted by Crippen LogP contribution is -2.36. The number of carbonyl (C=O) groups excluding carboxylic acids is 1. The van der Waals surface area contributed by atoms with E-state index in [1.54, 1.807) is 37.3 Å². The molecule has 150 valence electrons. The molecule has 2 aromatic carbocycles. The first-order valence-corrected chi connectivity index (χ1v) is 11.0. The first kappa shape index (κ1) is 20.2. The fraction of sp³-hybridized carbons (Fsp3) is 0.381. The van der Waals surface area contributed by atoms with Gasteiger partial charge in [-0.1, -0.05) is 37.5 Å². The van der Waals surface area contributed by atoms with Crippen LogP contribution in [0.3, 0.4) is 0 Å². The first-order valence-electron chi connectivity index (χ1n) is 9.48. The molecule has 0 saturated heterocycles. The van der Waals surface area contributed by atoms with E-state index < -0.39 is 10.0 Å². The lowest BCUT2D eigenvalue weighted by atomic mass is 9.95. The number of anilines is 1. The summed E-state index contributed by atoms with van der Waals surface area (Å²) in [7, 11) is -2.38. The molecule has 1 fully saturated rings. The van der Waals surface area contributed by atoms with Gasteiger partial charge in [0.05, 0.1) is 17.7 Å². The van der Waals surface area contributed by atoms with Gasteiger partial charge in [0.15, 0.2) is 0 Å². The zero-order valence-corrected chi connectivity index (χ0v) is 17.0. The van der Waals surface area contributed by atoms with Crippen molar-refractivity contribution in [1.82, 2.24) is 5.32 Å². The van der Waals surface area contributed by atoms with Crippen LogP contribution in [0.1, 0.15) is 48.0 Å². The molecule has 7 heteroatoms. The normalized spacial score (nSPS) is 15.1. The number of rotatable bonds is 6. The van der Waals surface area contributed by atoms with Crippen molar-refractivity contribution in [1.29, 1.82) is 0 Å². The van der Waals surface area contributed by atoms with E-state index in [-0.39, 0.29) is 16.8 Å². The molecule has 0 radical (unpaired) electrons. The molecule has 0 atom stereocenters. The molecule has 0 heterocycles. The van der Waals surface area contributed by atoms with Crippen LogP contribution in [0.15, 0.2) is 47.4 Å². The molecule has 2 N–H and O–H groups in total. The van der Waals surface area contributed by atoms with Gasteiger partial charge < -0.3 is 10.1 Å². The predicted octanol–water partition coefficient (Wildman–Crippen LogP) is 3.87. The van der Waals surface area contributed by atoms with Crippen LogP contribution in [0, 0.1) is 6.92 Å². The van der Waals surface area contributed by atoms with Gasteiger partial charge in [0.25, 0.3) is 15.9 Å². The summed E-state index contributed by atoms with van der Waals surface area (Å²) < 4.78 is 33.4. The molecule has 1 amide bonds. The Balaban J connectivity index is 1.84. The first-order chi connectivity index (χ1) is 13.4. The van der Waals surface area contributed by atoms with Crippen LogP contribution < -0.4 is 14.8 Å². The van der Waals surface area contributed by atoms with Gasteiger partial charge in [-0.25, -0.2) is 8.42 Å². The van der Waals surface area contributed by atoms with Gasteiger partial charge >= 0.3 is 0 Å². The highest BCUT2D eigenvalue weighted by molar-refractivity contribution is 7.92. The number of sulfonamides is 1. The molecule has 28 heavy (non-hydrogen) atoms. The number of methoxy groups -OCH3 is 1. The van der Waals surface area contributed by atoms with Crippen LogP contribution in [-0.2, 0) is 10.0 Å². The van der Waals surface area contributed by atoms with Gasteiger partial charge in [0, 0.05) is 11.6 Å². The summed E-state index contributed by atoms with van der Waals surface area (Å²) in [6.07, 6.45) is 5.37. The summed E-state index contributed by atoms with van der Waals surface area (Å²) in [5, 5.41) is 3.05. The lowest BCUT2D eigenvalue weighted by Gasteiger charge is -2.23. The molecule has 6 nitrogen and oxygen atoms in total. The van der Waals surface area contributed by atoms with Crippen LogP contribution in [0.2, 0.25) is 0 Å². The Labute approximate surface area is 166 Å². The van der Waals surface area contributed by atoms with Crippen LogP contribution in [0.4, 0.5) is 5.69 Å². The van der Waals surface area contributed by atoms with Crippen molar-refractivity contribution in [2.24, 2.45) is 0 Å². The van der Waals surface area contributed by atoms with Gasteiger partial charge in [-0.3, -0.25) is 9.52 Å². The molecular formula is C21H26N2O4S. The zero-order valence-electron chi connectivity index (χ0n) is 16.2. The molecule has 0 aliphatic heterocycles. The maximum Gasteiger partial charge on any atom is 0.262 e. The van der Waals surface area contributed by atoms with E-state index in [4.69, 9.17) is 4.74 Å². The minimum Gasteiger partial charge on any atom is -0.495 e. The van der Waals surface area contributed by atoms with Crippen LogP contribution in [-0.4, -0.2) is 27.5 Å². The second-order valence-corrected chi connectivity index (χ2v) is 8.77. The van der Waals surface area contributed by atoms with Crippen LogP contribution in [0.25, 0.3) is 0 Å². The van der Waals surface area contributed by atoms with Gasteiger partial charge in [-0.05, 0) is 49.6 Å². The standard InChI is InChI=1S/C21H26N2O4S/c1-15-12-13-17(14-18(15)21(24)22-16-8-4-3-5-9-16)28(25,26)23-19-10-6-7-11-20(19)27-2/h6-7,10-14,16,23H,3-5,8-9H2,1-2H3,(H,22,24). The van der Waals surface area contributed by atoms with Crippen molar-refractivity contribution >= 4 is 21.6 Å². The molecule has 1 aliphatic carbocycles. The van der Waals surface area contributed by atoms with Gasteiger partial charge in [0.2, 0.25) is 0 Å². The van der Waals surface area contributed by atoms with Crippen LogP contribution in [0.5, 0.6) is 5.75 Å². The number of benzene rings is 2. The molecule has 0 spiro atoms. The second-order valence-electron chi connectivity index (χ2n) is 7.09. The fourth-order valence-corrected chi connectivity index (χ4v) is 4.55. The molecule has 0 aromatic heterocycles. The largest absolute Gasteiger partial charge is 0.495 e. The highest BCUT2D eigenvalue weighted by atomic mass is 32.2. The Morgan fingerprint density at radius 2 is 1.79 bits per heavy atom. The molecule has 2 aromatic rings. The van der Waals surface area contributed by atoms with Crippen LogP contribution >= 0.6 is 0 Å². The van der Waals surface area contributed by atoms with Gasteiger partial charge in [-0.15, -0.1) is 0 Å². The predicted molar refractivity (Wildman–Crippen MR) is 109 cm³/mol. The number of hydrogen-bond donors (Lipinski definition) is 2. The average Bonchev–Trinajstić information content (AvgIpc) is 2.69. The number of amides is 1. The Hall–Kier alpha value is -2.54. The van der Waals surface area contributed by atoms with Crippen molar-refractivity contribution in [2.45, 2.75) is 50.0 Å². The maximum absolute atomic E-state index is 12.8. The lowest BCUT2D eigenvalue weighted by molar-refractivity contribution is 0.0927. The minimum atomic E-state index is -3.86. The number of hydrogen-bond acceptors (Lipinski definition) is 4. The average molecular weight is 403 g/mol. The number of aryl methyl sites for hydroxylation is 1. The maximum atomic E-state index is 12.8. The van der Waals surface area contributed by atoms with E-state index in [0.29, 0.717) is 17.0 Å². The summed E-state index contributed by atoms with van der Waals surface area (Å²) in [5.41, 5.74) is 1.47. The van der Waals surface area contributed by atoms with E-state index in [9.17, 15) is 13.2 Å². The smallest absolute Gasteiger partial charge is 0.262 e. The number of ether oxygens (including phenoxy) is 1. The number of carbonyl (C=O) groups is 1. The minimum absolute atomic E-state index is 0.0396. The quantitative estimate of drug-likeness (QED) is 0.768. The van der Waals surface area contributed by atoms with Crippen molar-refractivity contribution < 1.29 is 17.9 Å². The fourth-order valence-electron chi connectivity index (χ4n) is 3.46. The number of para-hydroxylation sites is 2. The van der Waals surface area contributed by atoms with Gasteiger partial charge in [0.1, 0.15) is 5.75 Å². The molecule has 0 bridgehead atoms. The molecule has 3 rings (SSSR count). The third-order valence-electron chi connectivity index (χ3n) is 5.06. The number of nitrogens with one attached hydrogen (secondary N) is 2. The molecule has 1 aliphatic rings. The Kier molecular flexibility index (Phi) is 6.24. The van der Waals surface area contributed by atoms with Crippen molar-refractivity contribution in [3.05, 3.63) is 53.6 Å². The third kappa shape index (κ3) is 4.65.